The van der Waals surface area contributed by atoms with E-state index in [1.807, 2.05) is 62.0 Å². The number of ether oxygens (including phenoxy) is 1. The Kier molecular flexibility index (Phi) is 13.2. The van der Waals surface area contributed by atoms with Crippen LogP contribution in [0.15, 0.2) is 34.4 Å². The van der Waals surface area contributed by atoms with Crippen LogP contribution in [0.4, 0.5) is 9.80 Å². The number of carbonyl (C=O) groups excluding carboxylic acids is 3. The van der Waals surface area contributed by atoms with Gasteiger partial charge in [0, 0.05) is 73.8 Å². The van der Waals surface area contributed by atoms with Crippen LogP contribution in [0.2, 0.25) is 5.02 Å². The molecule has 0 radical (unpaired) electrons. The number of benzene rings is 1. The van der Waals surface area contributed by atoms with E-state index in [4.69, 9.17) is 26.4 Å². The summed E-state index contributed by atoms with van der Waals surface area (Å²) in [5, 5.41) is 14.5. The number of hydrogen-bond donors (Lipinski definition) is 2. The first-order valence-electron chi connectivity index (χ1n) is 18.5. The van der Waals surface area contributed by atoms with E-state index in [2.05, 4.69) is 41.2 Å². The van der Waals surface area contributed by atoms with E-state index in [1.54, 1.807) is 11.3 Å². The summed E-state index contributed by atoms with van der Waals surface area (Å²) in [4.78, 5) is 51.0. The molecule has 1 fully saturated rings. The second kappa shape index (κ2) is 17.4. The summed E-state index contributed by atoms with van der Waals surface area (Å²) in [6.07, 6.45) is 3.63. The fraction of sp³-hybridized carbons (Fsp3) is 0.605. The molecule has 5 rings (SSSR count). The number of nitrogens with zero attached hydrogens (tertiary/aromatic N) is 6. The van der Waals surface area contributed by atoms with Crippen LogP contribution in [-0.4, -0.2) is 115 Å². The van der Waals surface area contributed by atoms with Crippen molar-refractivity contribution in [3.8, 4) is 0 Å². The number of thiophene rings is 1. The lowest BCUT2D eigenvalue weighted by Gasteiger charge is -2.34. The summed E-state index contributed by atoms with van der Waals surface area (Å²) in [7, 11) is 1.97. The zero-order valence-corrected chi connectivity index (χ0v) is 33.3. The molecule has 14 heteroatoms. The zero-order chi connectivity index (χ0) is 37.6. The van der Waals surface area contributed by atoms with Crippen molar-refractivity contribution in [2.45, 2.75) is 97.9 Å². The van der Waals surface area contributed by atoms with Gasteiger partial charge in [-0.3, -0.25) is 29.4 Å². The minimum absolute atomic E-state index is 0.00733. The SMILES string of the molecule is Cc1sc2c(c1C)C(c1ccc(Cl)cc1)=N[C@H](CC(=O)NCCCN1CCN(C(=O)CCCCCNC(=O)OC(C)(C)C)CC1)C1=NN(C)C(C)N12. The summed E-state index contributed by atoms with van der Waals surface area (Å²) < 4.78 is 5.25. The number of unbranched alkanes of at least 4 members (excludes halogenated alkanes) is 2. The Balaban J connectivity index is 1.07. The smallest absolute Gasteiger partial charge is 0.407 e. The lowest BCUT2D eigenvalue weighted by atomic mass is 9.99. The maximum atomic E-state index is 13.4. The Bertz CT molecular complexity index is 1640. The molecule has 1 aromatic carbocycles. The van der Waals surface area contributed by atoms with Crippen LogP contribution in [0, 0.1) is 13.8 Å². The van der Waals surface area contributed by atoms with Crippen molar-refractivity contribution in [3.63, 3.8) is 0 Å². The van der Waals surface area contributed by atoms with Crippen LogP contribution < -0.4 is 15.5 Å². The van der Waals surface area contributed by atoms with Gasteiger partial charge in [-0.1, -0.05) is 30.2 Å². The fourth-order valence-electron chi connectivity index (χ4n) is 6.69. The summed E-state index contributed by atoms with van der Waals surface area (Å²) >= 11 is 8.00. The van der Waals surface area contributed by atoms with Gasteiger partial charge in [0.05, 0.1) is 12.1 Å². The number of anilines is 1. The Hall–Kier alpha value is -3.68. The van der Waals surface area contributed by atoms with Gasteiger partial charge in [-0.15, -0.1) is 11.3 Å². The molecule has 12 nitrogen and oxygen atoms in total. The molecule has 0 saturated carbocycles. The Morgan fingerprint density at radius 2 is 1.67 bits per heavy atom. The molecule has 1 unspecified atom stereocenters. The van der Waals surface area contributed by atoms with Gasteiger partial charge in [-0.05, 0) is 85.0 Å². The zero-order valence-electron chi connectivity index (χ0n) is 31.8. The van der Waals surface area contributed by atoms with Crippen LogP contribution in [0.25, 0.3) is 0 Å². The van der Waals surface area contributed by atoms with Gasteiger partial charge < -0.3 is 20.3 Å². The van der Waals surface area contributed by atoms with E-state index in [-0.39, 0.29) is 24.4 Å². The second-order valence-electron chi connectivity index (χ2n) is 14.9. The van der Waals surface area contributed by atoms with E-state index in [0.717, 1.165) is 86.1 Å². The molecule has 3 aliphatic heterocycles. The number of halogens is 1. The van der Waals surface area contributed by atoms with Crippen LogP contribution in [0.5, 0.6) is 0 Å². The van der Waals surface area contributed by atoms with E-state index in [0.29, 0.717) is 24.5 Å². The van der Waals surface area contributed by atoms with Crippen molar-refractivity contribution in [1.29, 1.82) is 0 Å². The third-order valence-electron chi connectivity index (χ3n) is 9.76. The first kappa shape index (κ1) is 39.5. The van der Waals surface area contributed by atoms with E-state index in [1.165, 1.54) is 10.4 Å². The highest BCUT2D eigenvalue weighted by Gasteiger charge is 2.41. The average Bonchev–Trinajstić information content (AvgIpc) is 3.50. The predicted octanol–water partition coefficient (Wildman–Crippen LogP) is 5.77. The summed E-state index contributed by atoms with van der Waals surface area (Å²) in [5.41, 5.74) is 3.60. The Morgan fingerprint density at radius 1 is 0.981 bits per heavy atom. The van der Waals surface area contributed by atoms with Crippen LogP contribution >= 0.6 is 22.9 Å². The van der Waals surface area contributed by atoms with Crippen LogP contribution in [0.3, 0.4) is 0 Å². The molecule has 1 saturated heterocycles. The maximum absolute atomic E-state index is 13.4. The van der Waals surface area contributed by atoms with E-state index >= 15 is 0 Å². The largest absolute Gasteiger partial charge is 0.444 e. The summed E-state index contributed by atoms with van der Waals surface area (Å²) in [6.45, 7) is 17.0. The molecule has 52 heavy (non-hydrogen) atoms. The first-order chi connectivity index (χ1) is 24.7. The summed E-state index contributed by atoms with van der Waals surface area (Å²) in [5.74, 6) is 0.932. The van der Waals surface area contributed by atoms with Crippen molar-refractivity contribution in [2.24, 2.45) is 10.1 Å². The molecule has 0 bridgehead atoms. The van der Waals surface area contributed by atoms with Gasteiger partial charge in [-0.2, -0.15) is 5.10 Å². The Labute approximate surface area is 317 Å². The molecule has 2 N–H and O–H groups in total. The van der Waals surface area contributed by atoms with Crippen molar-refractivity contribution in [3.05, 3.63) is 50.9 Å². The van der Waals surface area contributed by atoms with Crippen molar-refractivity contribution < 1.29 is 19.1 Å². The topological polar surface area (TPSA) is 122 Å². The van der Waals surface area contributed by atoms with E-state index in [9.17, 15) is 14.4 Å². The Morgan fingerprint density at radius 3 is 2.37 bits per heavy atom. The van der Waals surface area contributed by atoms with Crippen molar-refractivity contribution in [1.82, 2.24) is 25.4 Å². The van der Waals surface area contributed by atoms with Crippen molar-refractivity contribution >= 4 is 57.4 Å². The number of carbonyl (C=O) groups is 3. The maximum Gasteiger partial charge on any atom is 0.407 e. The molecule has 0 spiro atoms. The highest BCUT2D eigenvalue weighted by atomic mass is 35.5. The first-order valence-corrected chi connectivity index (χ1v) is 19.7. The molecular formula is C38H55ClN8O4S. The lowest BCUT2D eigenvalue weighted by molar-refractivity contribution is -0.133. The normalized spacial score (nSPS) is 19.0. The number of aryl methyl sites for hydroxylation is 1. The van der Waals surface area contributed by atoms with Gasteiger partial charge in [0.15, 0.2) is 5.84 Å². The second-order valence-corrected chi connectivity index (χ2v) is 16.5. The molecule has 2 atom stereocenters. The third-order valence-corrected chi connectivity index (χ3v) is 11.2. The highest BCUT2D eigenvalue weighted by Crippen LogP contribution is 2.42. The summed E-state index contributed by atoms with van der Waals surface area (Å²) in [6, 6.07) is 7.30. The molecular weight excluding hydrogens is 700 g/mol. The molecule has 1 aromatic heterocycles. The number of amidine groups is 1. The minimum atomic E-state index is -0.508. The van der Waals surface area contributed by atoms with Crippen molar-refractivity contribution in [2.75, 3.05) is 57.8 Å². The monoisotopic (exact) mass is 754 g/mol. The van der Waals surface area contributed by atoms with Gasteiger partial charge in [0.1, 0.15) is 22.8 Å². The molecule has 3 amide bonds. The molecule has 3 aliphatic rings. The highest BCUT2D eigenvalue weighted by molar-refractivity contribution is 7.17. The number of hydrogen-bond acceptors (Lipinski definition) is 10. The fourth-order valence-corrected chi connectivity index (χ4v) is 8.06. The molecule has 2 aromatic rings. The third kappa shape index (κ3) is 10.0. The molecule has 284 valence electrons. The van der Waals surface area contributed by atoms with Gasteiger partial charge in [0.25, 0.3) is 0 Å². The van der Waals surface area contributed by atoms with Crippen LogP contribution in [0.1, 0.15) is 87.8 Å². The number of amides is 3. The molecule has 4 heterocycles. The number of hydrazone groups is 1. The number of nitrogens with one attached hydrogen (secondary N) is 2. The number of rotatable bonds is 13. The quantitative estimate of drug-likeness (QED) is 0.249. The van der Waals surface area contributed by atoms with Gasteiger partial charge in [-0.25, -0.2) is 4.79 Å². The lowest BCUT2D eigenvalue weighted by Crippen LogP contribution is -2.49. The average molecular weight is 755 g/mol. The minimum Gasteiger partial charge on any atom is -0.444 e. The standard InChI is InChI=1S/C38H55ClN8O4S/c1-25-26(2)52-36-33(25)34(28-13-15-29(39)16-14-28)42-30(35-43-44(7)27(3)47(35)36)24-31(48)40-18-11-19-45-20-22-46(23-21-45)32(49)12-9-8-10-17-41-37(50)51-38(4,5)6/h13-16,27,30H,8-12,17-24H2,1-7H3,(H,40,48)(H,41,50)/t27?,30-/m1/s1. The molecule has 0 aliphatic carbocycles. The number of piperazine rings is 1. The van der Waals surface area contributed by atoms with Gasteiger partial charge >= 0.3 is 6.09 Å². The predicted molar refractivity (Wildman–Crippen MR) is 210 cm³/mol. The van der Waals surface area contributed by atoms with E-state index < -0.39 is 17.7 Å². The van der Waals surface area contributed by atoms with Gasteiger partial charge in [0.2, 0.25) is 11.8 Å². The number of aliphatic imine (C=N–C) groups is 1. The number of alkyl carbamates (subject to hydrolysis) is 1. The van der Waals surface area contributed by atoms with Crippen LogP contribution in [-0.2, 0) is 14.3 Å². The number of fused-ring (bicyclic) bond motifs is 3.